The number of nitrogens with one attached hydrogen (secondary N) is 1. The Kier molecular flexibility index (Phi) is 7.73. The molecule has 1 N–H and O–H groups in total. The van der Waals surface area contributed by atoms with Gasteiger partial charge in [0, 0.05) is 17.5 Å². The summed E-state index contributed by atoms with van der Waals surface area (Å²) in [7, 11) is -3.45. The quantitative estimate of drug-likeness (QED) is 0.393. The molecule has 0 aliphatic rings. The number of halogens is 2. The van der Waals surface area contributed by atoms with Crippen molar-refractivity contribution >= 4 is 47.4 Å². The molecule has 0 bridgehead atoms. The highest BCUT2D eigenvalue weighted by atomic mass is 35.5. The van der Waals surface area contributed by atoms with E-state index in [1.807, 2.05) is 0 Å². The predicted octanol–water partition coefficient (Wildman–Crippen LogP) is 5.54. The van der Waals surface area contributed by atoms with Gasteiger partial charge in [-0.3, -0.25) is 9.36 Å². The second-order valence-electron chi connectivity index (χ2n) is 6.65. The van der Waals surface area contributed by atoms with Gasteiger partial charge in [-0.15, -0.1) is 0 Å². The first-order chi connectivity index (χ1) is 14.8. The number of aromatic nitrogens is 2. The highest BCUT2D eigenvalue weighted by molar-refractivity contribution is 7.54. The Bertz CT molecular complexity index is 1130. The Morgan fingerprint density at radius 3 is 2.55 bits per heavy atom. The minimum atomic E-state index is -3.45. The standard InChI is InChI=1S/C21H22ClFN3O4P/c1-3-29-31(28,30-4-2)12-16(27)9-14-5-8-20-17(10-14)21(25-13-24-20)26-15-6-7-19(23)18(22)11-15/h5-8,10-11,13H,3-4,9,12H2,1-2H3,(H,24,25,26). The average molecular weight is 466 g/mol. The summed E-state index contributed by atoms with van der Waals surface area (Å²) in [6, 6.07) is 9.59. The number of carbonyl (C=O) groups is 1. The molecule has 0 saturated carbocycles. The van der Waals surface area contributed by atoms with Crippen molar-refractivity contribution in [1.29, 1.82) is 0 Å². The maximum atomic E-state index is 13.4. The number of hydrogen-bond acceptors (Lipinski definition) is 7. The summed E-state index contributed by atoms with van der Waals surface area (Å²) in [5.74, 6) is -0.297. The van der Waals surface area contributed by atoms with E-state index in [2.05, 4.69) is 15.3 Å². The van der Waals surface area contributed by atoms with E-state index in [4.69, 9.17) is 20.6 Å². The average Bonchev–Trinajstić information content (AvgIpc) is 2.71. The zero-order valence-electron chi connectivity index (χ0n) is 17.1. The Labute approximate surface area is 184 Å². The molecule has 31 heavy (non-hydrogen) atoms. The first-order valence-corrected chi connectivity index (χ1v) is 11.8. The molecule has 0 atom stereocenters. The topological polar surface area (TPSA) is 90.4 Å². The van der Waals surface area contributed by atoms with Gasteiger partial charge in [0.25, 0.3) is 0 Å². The number of ketones is 1. The smallest absolute Gasteiger partial charge is 0.338 e. The molecule has 0 aliphatic carbocycles. The van der Waals surface area contributed by atoms with Crippen LogP contribution in [-0.2, 0) is 24.8 Å². The number of fused-ring (bicyclic) bond motifs is 1. The number of anilines is 2. The second kappa shape index (κ2) is 10.3. The molecule has 0 spiro atoms. The van der Waals surface area contributed by atoms with E-state index in [0.717, 1.165) is 0 Å². The van der Waals surface area contributed by atoms with E-state index >= 15 is 0 Å². The van der Waals surface area contributed by atoms with Crippen LogP contribution in [0, 0.1) is 5.82 Å². The van der Waals surface area contributed by atoms with Crippen LogP contribution < -0.4 is 5.32 Å². The molecule has 0 saturated heterocycles. The summed E-state index contributed by atoms with van der Waals surface area (Å²) in [6.45, 7) is 3.78. The molecule has 1 aromatic heterocycles. The lowest BCUT2D eigenvalue weighted by atomic mass is 10.1. The van der Waals surface area contributed by atoms with Crippen molar-refractivity contribution in [3.8, 4) is 0 Å². The van der Waals surface area contributed by atoms with Gasteiger partial charge in [0.2, 0.25) is 0 Å². The van der Waals surface area contributed by atoms with Crippen LogP contribution in [0.1, 0.15) is 19.4 Å². The highest BCUT2D eigenvalue weighted by Crippen LogP contribution is 2.48. The van der Waals surface area contributed by atoms with Gasteiger partial charge in [-0.25, -0.2) is 14.4 Å². The van der Waals surface area contributed by atoms with E-state index in [1.54, 1.807) is 38.1 Å². The van der Waals surface area contributed by atoms with Crippen LogP contribution in [0.4, 0.5) is 15.9 Å². The third-order valence-electron chi connectivity index (χ3n) is 4.30. The molecule has 1 heterocycles. The summed E-state index contributed by atoms with van der Waals surface area (Å²) in [6.07, 6.45) is 1.16. The van der Waals surface area contributed by atoms with E-state index in [0.29, 0.717) is 28.0 Å². The molecule has 164 valence electrons. The number of nitrogens with zero attached hydrogens (tertiary/aromatic N) is 2. The molecule has 10 heteroatoms. The molecule has 0 fully saturated rings. The number of benzene rings is 2. The molecule has 3 rings (SSSR count). The van der Waals surface area contributed by atoms with Crippen molar-refractivity contribution < 1.29 is 22.8 Å². The molecule has 0 unspecified atom stereocenters. The molecular formula is C21H22ClFN3O4P. The minimum Gasteiger partial charge on any atom is -0.340 e. The fourth-order valence-electron chi connectivity index (χ4n) is 3.05. The number of Topliss-reactive ketones (excluding diaryl/α,β-unsaturated/α-hetero) is 1. The molecule has 0 radical (unpaired) electrons. The fourth-order valence-corrected chi connectivity index (χ4v) is 4.81. The van der Waals surface area contributed by atoms with Gasteiger partial charge < -0.3 is 14.4 Å². The van der Waals surface area contributed by atoms with E-state index in [-0.39, 0.29) is 36.6 Å². The predicted molar refractivity (Wildman–Crippen MR) is 119 cm³/mol. The van der Waals surface area contributed by atoms with Crippen LogP contribution in [0.25, 0.3) is 10.9 Å². The van der Waals surface area contributed by atoms with E-state index < -0.39 is 13.4 Å². The molecule has 3 aromatic rings. The van der Waals surface area contributed by atoms with Crippen LogP contribution in [0.2, 0.25) is 5.02 Å². The van der Waals surface area contributed by atoms with Gasteiger partial charge in [0.1, 0.15) is 29.9 Å². The van der Waals surface area contributed by atoms with Crippen molar-refractivity contribution in [2.45, 2.75) is 20.3 Å². The minimum absolute atomic E-state index is 0.0114. The van der Waals surface area contributed by atoms with Crippen LogP contribution in [0.15, 0.2) is 42.7 Å². The number of hydrogen-bond donors (Lipinski definition) is 1. The van der Waals surface area contributed by atoms with Gasteiger partial charge >= 0.3 is 7.60 Å². The number of carbonyl (C=O) groups excluding carboxylic acids is 1. The SMILES string of the molecule is CCOP(=O)(CC(=O)Cc1ccc2ncnc(Nc3ccc(F)c(Cl)c3)c2c1)OCC. The molecule has 2 aromatic carbocycles. The molecule has 0 aliphatic heterocycles. The lowest BCUT2D eigenvalue weighted by Gasteiger charge is -2.16. The maximum Gasteiger partial charge on any atom is 0.338 e. The van der Waals surface area contributed by atoms with Crippen LogP contribution in [-0.4, -0.2) is 35.1 Å². The van der Waals surface area contributed by atoms with Crippen molar-refractivity contribution in [1.82, 2.24) is 9.97 Å². The molecule has 0 amide bonds. The normalized spacial score (nSPS) is 11.6. The molecular weight excluding hydrogens is 444 g/mol. The Morgan fingerprint density at radius 1 is 1.13 bits per heavy atom. The van der Waals surface area contributed by atoms with Crippen LogP contribution >= 0.6 is 19.2 Å². The summed E-state index contributed by atoms with van der Waals surface area (Å²) in [5, 5.41) is 3.76. The Balaban J connectivity index is 1.83. The summed E-state index contributed by atoms with van der Waals surface area (Å²) in [4.78, 5) is 21.0. The van der Waals surface area contributed by atoms with Crippen molar-refractivity contribution in [3.63, 3.8) is 0 Å². The third kappa shape index (κ3) is 6.08. The van der Waals surface area contributed by atoms with Gasteiger partial charge in [-0.2, -0.15) is 0 Å². The van der Waals surface area contributed by atoms with Crippen molar-refractivity contribution in [3.05, 3.63) is 59.1 Å². The lowest BCUT2D eigenvalue weighted by Crippen LogP contribution is -2.12. The van der Waals surface area contributed by atoms with Crippen molar-refractivity contribution in [2.75, 3.05) is 24.7 Å². The van der Waals surface area contributed by atoms with Crippen LogP contribution in [0.5, 0.6) is 0 Å². The van der Waals surface area contributed by atoms with Gasteiger partial charge in [0.15, 0.2) is 0 Å². The fraction of sp³-hybridized carbons (Fsp3) is 0.286. The second-order valence-corrected chi connectivity index (χ2v) is 9.11. The summed E-state index contributed by atoms with van der Waals surface area (Å²) in [5.41, 5.74) is 1.92. The highest BCUT2D eigenvalue weighted by Gasteiger charge is 2.27. The third-order valence-corrected chi connectivity index (χ3v) is 6.64. The maximum absolute atomic E-state index is 13.4. The first kappa shape index (κ1) is 23.3. The van der Waals surface area contributed by atoms with Gasteiger partial charge in [-0.05, 0) is 49.7 Å². The van der Waals surface area contributed by atoms with E-state index in [9.17, 15) is 13.8 Å². The van der Waals surface area contributed by atoms with Gasteiger partial charge in [0.05, 0.1) is 23.8 Å². The zero-order valence-corrected chi connectivity index (χ0v) is 18.8. The largest absolute Gasteiger partial charge is 0.340 e. The first-order valence-electron chi connectivity index (χ1n) is 9.69. The monoisotopic (exact) mass is 465 g/mol. The molecule has 7 nitrogen and oxygen atoms in total. The van der Waals surface area contributed by atoms with Crippen LogP contribution in [0.3, 0.4) is 0 Å². The Morgan fingerprint density at radius 2 is 1.87 bits per heavy atom. The van der Waals surface area contributed by atoms with Gasteiger partial charge in [-0.1, -0.05) is 17.7 Å². The Hall–Kier alpha value is -2.38. The number of rotatable bonds is 10. The van der Waals surface area contributed by atoms with E-state index in [1.165, 1.54) is 18.5 Å². The summed E-state index contributed by atoms with van der Waals surface area (Å²) >= 11 is 5.85. The zero-order chi connectivity index (χ0) is 22.4. The van der Waals surface area contributed by atoms with Crippen molar-refractivity contribution in [2.24, 2.45) is 0 Å². The lowest BCUT2D eigenvalue weighted by molar-refractivity contribution is -0.116. The summed E-state index contributed by atoms with van der Waals surface area (Å²) < 4.78 is 36.4.